The van der Waals surface area contributed by atoms with E-state index in [1.54, 1.807) is 54.2 Å². The third kappa shape index (κ3) is 16.7. The van der Waals surface area contributed by atoms with Gasteiger partial charge in [-0.15, -0.1) is 0 Å². The Bertz CT molecular complexity index is 3450. The summed E-state index contributed by atoms with van der Waals surface area (Å²) < 4.78 is 67.8. The molecule has 6 aromatic rings. The summed E-state index contributed by atoms with van der Waals surface area (Å²) in [6.07, 6.45) is 15.3. The average molecular weight is 1330 g/mol. The number of piperidine rings is 2. The number of nitrogens with one attached hydrogen (secondary N) is 5. The zero-order chi connectivity index (χ0) is 60.1. The predicted octanol–water partition coefficient (Wildman–Crippen LogP) is 12.6. The number of ether oxygens (including phenoxy) is 2. The van der Waals surface area contributed by atoms with Crippen LogP contribution in [-0.2, 0) is 33.8 Å². The maximum atomic E-state index is 12.9. The Kier molecular flexibility index (Phi) is 21.2. The number of benzene rings is 2. The second-order valence-corrected chi connectivity index (χ2v) is 31.1. The lowest BCUT2D eigenvalue weighted by Gasteiger charge is -2.35. The molecule has 0 atom stereocenters. The Morgan fingerprint density at radius 3 is 1.34 bits per heavy atom. The van der Waals surface area contributed by atoms with Crippen molar-refractivity contribution < 1.29 is 26.3 Å². The van der Waals surface area contributed by atoms with Crippen LogP contribution in [0, 0.1) is 13.8 Å². The summed E-state index contributed by atoms with van der Waals surface area (Å²) in [4.78, 5) is 20.4. The third-order valence-corrected chi connectivity index (χ3v) is 19.4. The van der Waals surface area contributed by atoms with Crippen LogP contribution >= 0.6 is 45.8 Å². The number of likely N-dealkylation sites (tertiary alicyclic amines) is 1. The van der Waals surface area contributed by atoms with Gasteiger partial charge < -0.3 is 41.0 Å². The molecule has 2 saturated heterocycles. The van der Waals surface area contributed by atoms with Crippen LogP contribution in [-0.4, -0.2) is 120 Å². The van der Waals surface area contributed by atoms with Crippen LogP contribution in [0.5, 0.6) is 11.5 Å². The van der Waals surface area contributed by atoms with Crippen molar-refractivity contribution in [3.63, 3.8) is 0 Å². The van der Waals surface area contributed by atoms with Crippen molar-refractivity contribution in [2.24, 2.45) is 14.1 Å². The number of sulfone groups is 2. The Balaban J connectivity index is 0.000000204. The van der Waals surface area contributed by atoms with Crippen molar-refractivity contribution in [3.8, 4) is 11.5 Å². The highest BCUT2D eigenvalue weighted by Gasteiger charge is 2.32. The second kappa shape index (κ2) is 27.5. The van der Waals surface area contributed by atoms with Crippen LogP contribution in [0.25, 0.3) is 0 Å². The standard InChI is InChI=1S/C29H40ClN7O3S.C26H34ClN7O3S.C3H7I/c1-17(2)37-11-9-20(10-12-37)22-14-26(40-21-7-8-21)24(13-19(22)5)33-29-31-15-23(30)27(34-29)32-25-16-36(6)35-28(25)41(38,39)18(3)4;1-15(2)38(35,36)25-22(14-34(4)33-25)30-24-20(27)13-29-26(32-24)31-21-11-16(3)19(17-7-9-28-10-8-17)12-23(21)37-18-5-6-18;1-3(2)4/h13-18,20-21H,7-12H2,1-6H3,(H2,31,32,33,34);11-15,17-18,28H,5-10H2,1-4H3,(H2,29,30,31,32);3H,1-2H3. The van der Waals surface area contributed by atoms with Gasteiger partial charge >= 0.3 is 0 Å². The van der Waals surface area contributed by atoms with Crippen molar-refractivity contribution in [3.05, 3.63) is 81.4 Å². The normalized spacial score (nSPS) is 16.4. The maximum absolute atomic E-state index is 12.9. The minimum Gasteiger partial charge on any atom is -0.488 e. The first-order valence-corrected chi connectivity index (χ1v) is 33.8. The summed E-state index contributed by atoms with van der Waals surface area (Å²) in [6, 6.07) is 9.13. The van der Waals surface area contributed by atoms with E-state index >= 15 is 0 Å². The number of alkyl halides is 1. The minimum atomic E-state index is -3.63. The van der Waals surface area contributed by atoms with Crippen LogP contribution in [0.3, 0.4) is 0 Å². The van der Waals surface area contributed by atoms with E-state index in [1.165, 1.54) is 44.0 Å². The van der Waals surface area contributed by atoms with Crippen LogP contribution < -0.4 is 36.1 Å². The van der Waals surface area contributed by atoms with Crippen molar-refractivity contribution in [1.29, 1.82) is 0 Å². The van der Waals surface area contributed by atoms with Gasteiger partial charge in [-0.1, -0.05) is 59.6 Å². The van der Waals surface area contributed by atoms with Gasteiger partial charge in [0.1, 0.15) is 21.5 Å². The Hall–Kier alpha value is -5.05. The molecule has 20 nitrogen and oxygen atoms in total. The molecule has 0 radical (unpaired) electrons. The number of nitrogens with zero attached hydrogens (tertiary/aromatic N) is 9. The molecule has 2 saturated carbocycles. The van der Waals surface area contributed by atoms with Crippen molar-refractivity contribution in [2.75, 3.05) is 47.4 Å². The summed E-state index contributed by atoms with van der Waals surface area (Å²) in [5.41, 5.74) is 7.22. The molecule has 2 aliphatic heterocycles. The van der Waals surface area contributed by atoms with E-state index in [1.807, 2.05) is 0 Å². The Labute approximate surface area is 513 Å². The lowest BCUT2D eigenvalue weighted by molar-refractivity contribution is 0.171. The van der Waals surface area contributed by atoms with Gasteiger partial charge in [-0.05, 0) is 191 Å². The van der Waals surface area contributed by atoms with E-state index in [9.17, 15) is 16.8 Å². The van der Waals surface area contributed by atoms with Crippen LogP contribution in [0.15, 0.2) is 59.1 Å². The molecular weight excluding hydrogens is 1250 g/mol. The van der Waals surface area contributed by atoms with Gasteiger partial charge in [0.05, 0.1) is 57.9 Å². The molecule has 4 fully saturated rings. The fourth-order valence-corrected chi connectivity index (χ4v) is 12.2. The molecule has 0 bridgehead atoms. The fourth-order valence-electron chi connectivity index (χ4n) is 9.77. The third-order valence-electron chi connectivity index (χ3n) is 14.7. The summed E-state index contributed by atoms with van der Waals surface area (Å²) in [7, 11) is -3.93. The lowest BCUT2D eigenvalue weighted by Crippen LogP contribution is -2.37. The SMILES string of the molecule is CC(C)I.Cc1cc(Nc2ncc(Cl)c(Nc3cn(C)nc3S(=O)(=O)C(C)C)n2)c(OC2CC2)cc1C1CCN(C(C)C)CC1.Cc1cc(Nc2ncc(Cl)c(Nc3cn(C)nc3S(=O)(=O)C(C)C)n2)c(OC2CC2)cc1C1CCNCC1. The number of aromatic nitrogens is 8. The topological polar surface area (TPSA) is 237 Å². The first kappa shape index (κ1) is 64.0. The first-order valence-electron chi connectivity index (χ1n) is 28.7. The zero-order valence-corrected chi connectivity index (χ0v) is 55.0. The van der Waals surface area contributed by atoms with E-state index in [0.29, 0.717) is 41.1 Å². The highest BCUT2D eigenvalue weighted by Crippen LogP contribution is 2.42. The van der Waals surface area contributed by atoms with Gasteiger partial charge in [-0.2, -0.15) is 20.2 Å². The molecule has 6 heterocycles. The van der Waals surface area contributed by atoms with Gasteiger partial charge in [0.2, 0.25) is 41.6 Å². The van der Waals surface area contributed by atoms with Crippen LogP contribution in [0.4, 0.5) is 46.3 Å². The van der Waals surface area contributed by atoms with E-state index in [2.05, 4.69) is 150 Å². The molecule has 10 rings (SSSR count). The molecule has 4 aliphatic rings. The molecule has 0 amide bonds. The van der Waals surface area contributed by atoms with Gasteiger partial charge in [0, 0.05) is 36.5 Å². The summed E-state index contributed by atoms with van der Waals surface area (Å²) in [5.74, 6) is 3.75. The van der Waals surface area contributed by atoms with Crippen molar-refractivity contribution >= 4 is 112 Å². The summed E-state index contributed by atoms with van der Waals surface area (Å²) in [5, 5.41) is 23.7. The lowest BCUT2D eigenvalue weighted by atomic mass is 9.86. The van der Waals surface area contributed by atoms with Crippen LogP contribution in [0.2, 0.25) is 10.0 Å². The number of hydrogen-bond donors (Lipinski definition) is 5. The molecule has 2 aliphatic carbocycles. The molecular formula is C58H81Cl2IN14O6S2. The number of hydrogen-bond acceptors (Lipinski definition) is 18. The van der Waals surface area contributed by atoms with Crippen LogP contribution in [0.1, 0.15) is 141 Å². The largest absolute Gasteiger partial charge is 0.488 e. The molecule has 25 heteroatoms. The van der Waals surface area contributed by atoms with Gasteiger partial charge in [0.15, 0.2) is 11.6 Å². The van der Waals surface area contributed by atoms with Gasteiger partial charge in [-0.3, -0.25) is 9.36 Å². The summed E-state index contributed by atoms with van der Waals surface area (Å²) >= 11 is 15.2. The van der Waals surface area contributed by atoms with Gasteiger partial charge in [0.25, 0.3) is 0 Å². The highest BCUT2D eigenvalue weighted by atomic mass is 127. The van der Waals surface area contributed by atoms with E-state index < -0.39 is 30.2 Å². The van der Waals surface area contributed by atoms with E-state index in [0.717, 1.165) is 104 Å². The zero-order valence-electron chi connectivity index (χ0n) is 49.6. The molecule has 2 aromatic carbocycles. The first-order chi connectivity index (χ1) is 39.3. The molecule has 452 valence electrons. The predicted molar refractivity (Wildman–Crippen MR) is 341 cm³/mol. The maximum Gasteiger partial charge on any atom is 0.229 e. The number of halogens is 3. The molecule has 0 unspecified atom stereocenters. The highest BCUT2D eigenvalue weighted by molar-refractivity contribution is 14.1. The summed E-state index contributed by atoms with van der Waals surface area (Å²) in [6.45, 7) is 23.8. The van der Waals surface area contributed by atoms with E-state index in [4.69, 9.17) is 32.7 Å². The number of anilines is 8. The second-order valence-electron chi connectivity index (χ2n) is 23.0. The average Bonchev–Trinajstić information content (AvgIpc) is 4.56. The monoisotopic (exact) mass is 1330 g/mol. The van der Waals surface area contributed by atoms with Crippen molar-refractivity contribution in [2.45, 2.75) is 175 Å². The molecule has 83 heavy (non-hydrogen) atoms. The van der Waals surface area contributed by atoms with Gasteiger partial charge in [-0.25, -0.2) is 26.8 Å². The molecule has 0 spiro atoms. The smallest absolute Gasteiger partial charge is 0.229 e. The fraction of sp³-hybridized carbons (Fsp3) is 0.552. The molecule has 5 N–H and O–H groups in total. The minimum absolute atomic E-state index is 0.0512. The number of aryl methyl sites for hydroxylation is 4. The number of rotatable bonds is 19. The Morgan fingerprint density at radius 1 is 0.590 bits per heavy atom. The van der Waals surface area contributed by atoms with E-state index in [-0.39, 0.29) is 43.9 Å². The Morgan fingerprint density at radius 2 is 0.976 bits per heavy atom. The molecule has 4 aromatic heterocycles. The quantitative estimate of drug-likeness (QED) is 0.0374. The van der Waals surface area contributed by atoms with Crippen molar-refractivity contribution in [1.82, 2.24) is 49.7 Å².